The van der Waals surface area contributed by atoms with Crippen LogP contribution in [0.25, 0.3) is 0 Å². The Labute approximate surface area is 124 Å². The summed E-state index contributed by atoms with van der Waals surface area (Å²) in [5.74, 6) is 0. The van der Waals surface area contributed by atoms with E-state index in [0.29, 0.717) is 18.1 Å². The summed E-state index contributed by atoms with van der Waals surface area (Å²) in [6.45, 7) is 1.09. The molecule has 0 unspecified atom stereocenters. The van der Waals surface area contributed by atoms with Crippen LogP contribution in [0.4, 0.5) is 4.79 Å². The Kier molecular flexibility index (Phi) is 5.44. The van der Waals surface area contributed by atoms with Gasteiger partial charge in [-0.3, -0.25) is 0 Å². The van der Waals surface area contributed by atoms with Crippen LogP contribution >= 0.6 is 11.6 Å². The fourth-order valence-corrected chi connectivity index (χ4v) is 2.07. The van der Waals surface area contributed by atoms with Crippen LogP contribution in [-0.4, -0.2) is 12.6 Å². The summed E-state index contributed by atoms with van der Waals surface area (Å²) < 4.78 is 0. The lowest BCUT2D eigenvalue weighted by molar-refractivity contribution is 0.240. The average Bonchev–Trinajstić information content (AvgIpc) is 2.46. The Morgan fingerprint density at radius 1 is 0.950 bits per heavy atom. The van der Waals surface area contributed by atoms with Gasteiger partial charge in [0.2, 0.25) is 0 Å². The number of hydrogen-bond acceptors (Lipinski definition) is 1. The number of nitrogens with one attached hydrogen (secondary N) is 2. The van der Waals surface area contributed by atoms with Crippen molar-refractivity contribution >= 4 is 17.6 Å². The molecule has 0 aromatic heterocycles. The lowest BCUT2D eigenvalue weighted by atomic mass is 10.1. The molecule has 0 atom stereocenters. The molecule has 0 aliphatic rings. The lowest BCUT2D eigenvalue weighted by Gasteiger charge is -2.08. The number of halogens is 1. The number of carbonyl (C=O) groups excluding carboxylic acids is 1. The molecule has 20 heavy (non-hydrogen) atoms. The molecule has 0 bridgehead atoms. The minimum atomic E-state index is -0.166. The molecule has 0 heterocycles. The van der Waals surface area contributed by atoms with Crippen molar-refractivity contribution in [1.29, 1.82) is 0 Å². The van der Waals surface area contributed by atoms with Gasteiger partial charge in [0, 0.05) is 18.1 Å². The summed E-state index contributed by atoms with van der Waals surface area (Å²) in [7, 11) is 0. The van der Waals surface area contributed by atoms with Gasteiger partial charge in [0.05, 0.1) is 0 Å². The van der Waals surface area contributed by atoms with E-state index >= 15 is 0 Å². The van der Waals surface area contributed by atoms with Gasteiger partial charge in [0.25, 0.3) is 0 Å². The maximum atomic E-state index is 11.6. The second-order valence-corrected chi connectivity index (χ2v) is 4.91. The van der Waals surface area contributed by atoms with Gasteiger partial charge in [-0.15, -0.1) is 0 Å². The van der Waals surface area contributed by atoms with E-state index in [2.05, 4.69) is 10.6 Å². The van der Waals surface area contributed by atoms with Gasteiger partial charge in [0.1, 0.15) is 0 Å². The van der Waals surface area contributed by atoms with E-state index in [1.54, 1.807) is 0 Å². The first-order chi connectivity index (χ1) is 9.74. The first kappa shape index (κ1) is 14.4. The zero-order valence-corrected chi connectivity index (χ0v) is 11.9. The van der Waals surface area contributed by atoms with Crippen LogP contribution in [0.2, 0.25) is 5.02 Å². The SMILES string of the molecule is O=C(NCCc1ccccc1)NCc1cccc(Cl)c1. The molecule has 2 aromatic carbocycles. The highest BCUT2D eigenvalue weighted by molar-refractivity contribution is 6.30. The topological polar surface area (TPSA) is 41.1 Å². The van der Waals surface area contributed by atoms with E-state index in [9.17, 15) is 4.79 Å². The second-order valence-electron chi connectivity index (χ2n) is 4.47. The molecular formula is C16H17ClN2O. The zero-order valence-electron chi connectivity index (χ0n) is 11.1. The highest BCUT2D eigenvalue weighted by Gasteiger charge is 2.00. The van der Waals surface area contributed by atoms with Crippen LogP contribution in [0.3, 0.4) is 0 Å². The summed E-state index contributed by atoms with van der Waals surface area (Å²) in [5.41, 5.74) is 2.19. The summed E-state index contributed by atoms with van der Waals surface area (Å²) in [4.78, 5) is 11.6. The van der Waals surface area contributed by atoms with Gasteiger partial charge in [-0.2, -0.15) is 0 Å². The molecule has 2 aromatic rings. The van der Waals surface area contributed by atoms with Crippen LogP contribution in [0.15, 0.2) is 54.6 Å². The molecule has 4 heteroatoms. The van der Waals surface area contributed by atoms with Crippen LogP contribution in [0.5, 0.6) is 0 Å². The molecule has 2 N–H and O–H groups in total. The molecule has 0 aliphatic heterocycles. The molecule has 0 spiro atoms. The quantitative estimate of drug-likeness (QED) is 0.870. The molecule has 2 rings (SSSR count). The number of hydrogen-bond donors (Lipinski definition) is 2. The van der Waals surface area contributed by atoms with Crippen LogP contribution in [-0.2, 0) is 13.0 Å². The minimum Gasteiger partial charge on any atom is -0.338 e. The molecule has 0 fully saturated rings. The summed E-state index contributed by atoms with van der Waals surface area (Å²) in [6.07, 6.45) is 0.825. The Morgan fingerprint density at radius 2 is 1.70 bits per heavy atom. The fourth-order valence-electron chi connectivity index (χ4n) is 1.86. The third-order valence-electron chi connectivity index (χ3n) is 2.88. The third-order valence-corrected chi connectivity index (χ3v) is 3.12. The van der Waals surface area contributed by atoms with Crippen LogP contribution in [0.1, 0.15) is 11.1 Å². The van der Waals surface area contributed by atoms with Gasteiger partial charge in [-0.25, -0.2) is 4.79 Å². The summed E-state index contributed by atoms with van der Waals surface area (Å²) >= 11 is 5.88. The highest BCUT2D eigenvalue weighted by atomic mass is 35.5. The lowest BCUT2D eigenvalue weighted by Crippen LogP contribution is -2.36. The summed E-state index contributed by atoms with van der Waals surface area (Å²) in [5, 5.41) is 6.31. The van der Waals surface area contributed by atoms with Crippen LogP contribution in [0, 0.1) is 0 Å². The van der Waals surface area contributed by atoms with E-state index in [1.165, 1.54) is 5.56 Å². The predicted octanol–water partition coefficient (Wildman–Crippen LogP) is 3.38. The van der Waals surface area contributed by atoms with Gasteiger partial charge >= 0.3 is 6.03 Å². The molecule has 104 valence electrons. The second kappa shape index (κ2) is 7.56. The Hall–Kier alpha value is -2.00. The van der Waals surface area contributed by atoms with Gasteiger partial charge in [-0.1, -0.05) is 54.1 Å². The largest absolute Gasteiger partial charge is 0.338 e. The third kappa shape index (κ3) is 4.94. The zero-order chi connectivity index (χ0) is 14.2. The smallest absolute Gasteiger partial charge is 0.315 e. The maximum absolute atomic E-state index is 11.6. The van der Waals surface area contributed by atoms with Crippen molar-refractivity contribution in [3.05, 3.63) is 70.7 Å². The Bertz CT molecular complexity index is 557. The van der Waals surface area contributed by atoms with Crippen molar-refractivity contribution < 1.29 is 4.79 Å². The van der Waals surface area contributed by atoms with Crippen molar-refractivity contribution in [2.24, 2.45) is 0 Å². The number of urea groups is 1. The van der Waals surface area contributed by atoms with Crippen molar-refractivity contribution in [2.75, 3.05) is 6.54 Å². The van der Waals surface area contributed by atoms with E-state index < -0.39 is 0 Å². The minimum absolute atomic E-state index is 0.166. The molecule has 0 saturated carbocycles. The first-order valence-corrected chi connectivity index (χ1v) is 6.92. The first-order valence-electron chi connectivity index (χ1n) is 6.54. The fraction of sp³-hybridized carbons (Fsp3) is 0.188. The average molecular weight is 289 g/mol. The molecule has 2 amide bonds. The molecular weight excluding hydrogens is 272 g/mol. The van der Waals surface area contributed by atoms with Gasteiger partial charge in [0.15, 0.2) is 0 Å². The van der Waals surface area contributed by atoms with E-state index in [0.717, 1.165) is 12.0 Å². The van der Waals surface area contributed by atoms with Crippen LogP contribution < -0.4 is 10.6 Å². The Balaban J connectivity index is 1.68. The van der Waals surface area contributed by atoms with Crippen molar-refractivity contribution in [2.45, 2.75) is 13.0 Å². The summed E-state index contributed by atoms with van der Waals surface area (Å²) in [6, 6.07) is 17.3. The van der Waals surface area contributed by atoms with E-state index in [1.807, 2.05) is 54.6 Å². The maximum Gasteiger partial charge on any atom is 0.315 e. The van der Waals surface area contributed by atoms with Crippen molar-refractivity contribution in [3.8, 4) is 0 Å². The standard InChI is InChI=1S/C16H17ClN2O/c17-15-8-4-7-14(11-15)12-19-16(20)18-10-9-13-5-2-1-3-6-13/h1-8,11H,9-10,12H2,(H2,18,19,20). The molecule has 0 aliphatic carbocycles. The van der Waals surface area contributed by atoms with E-state index in [-0.39, 0.29) is 6.03 Å². The number of carbonyl (C=O) groups is 1. The van der Waals surface area contributed by atoms with Crippen molar-refractivity contribution in [3.63, 3.8) is 0 Å². The normalized spacial score (nSPS) is 10.1. The highest BCUT2D eigenvalue weighted by Crippen LogP contribution is 2.10. The number of rotatable bonds is 5. The predicted molar refractivity (Wildman–Crippen MR) is 81.8 cm³/mol. The van der Waals surface area contributed by atoms with Gasteiger partial charge in [-0.05, 0) is 29.7 Å². The number of amides is 2. The van der Waals surface area contributed by atoms with Gasteiger partial charge < -0.3 is 10.6 Å². The molecule has 3 nitrogen and oxygen atoms in total. The molecule has 0 saturated heterocycles. The van der Waals surface area contributed by atoms with E-state index in [4.69, 9.17) is 11.6 Å². The molecule has 0 radical (unpaired) electrons. The monoisotopic (exact) mass is 288 g/mol. The van der Waals surface area contributed by atoms with Crippen molar-refractivity contribution in [1.82, 2.24) is 10.6 Å². The number of benzene rings is 2. The Morgan fingerprint density at radius 3 is 2.45 bits per heavy atom.